The number of halogens is 2. The standard InChI is InChI=1S/C24H27Br2N3O2/c1-5-10-29-21-8-6-17(11-19(21)16(2)13-24(29,3)4)14-27-28-23(30)15-31-22-9-7-18(25)12-20(22)26/h6-9,11-14H,5,10,15H2,1-4H3,(H,28,30)/b27-14+. The van der Waals surface area contributed by atoms with Crippen molar-refractivity contribution in [2.75, 3.05) is 18.1 Å². The van der Waals surface area contributed by atoms with E-state index in [4.69, 9.17) is 4.74 Å². The summed E-state index contributed by atoms with van der Waals surface area (Å²) in [6, 6.07) is 11.8. The molecule has 0 aromatic heterocycles. The number of allylic oxidation sites excluding steroid dienone is 1. The van der Waals surface area contributed by atoms with Gasteiger partial charge in [0.25, 0.3) is 5.91 Å². The second-order valence-corrected chi connectivity index (χ2v) is 9.84. The van der Waals surface area contributed by atoms with Gasteiger partial charge >= 0.3 is 0 Å². The van der Waals surface area contributed by atoms with E-state index in [0.717, 1.165) is 27.5 Å². The van der Waals surface area contributed by atoms with Crippen LogP contribution < -0.4 is 15.1 Å². The number of hydrogen-bond acceptors (Lipinski definition) is 4. The van der Waals surface area contributed by atoms with E-state index in [9.17, 15) is 4.79 Å². The molecule has 0 spiro atoms. The van der Waals surface area contributed by atoms with Crippen LogP contribution in [-0.4, -0.2) is 30.8 Å². The Morgan fingerprint density at radius 2 is 2.00 bits per heavy atom. The Hall–Kier alpha value is -2.12. The highest BCUT2D eigenvalue weighted by molar-refractivity contribution is 9.11. The lowest BCUT2D eigenvalue weighted by atomic mass is 9.88. The number of rotatable bonds is 7. The van der Waals surface area contributed by atoms with Gasteiger partial charge in [-0.15, -0.1) is 0 Å². The number of fused-ring (bicyclic) bond motifs is 1. The number of carbonyl (C=O) groups excluding carboxylic acids is 1. The third-order valence-electron chi connectivity index (χ3n) is 5.10. The molecule has 0 unspecified atom stereocenters. The maximum Gasteiger partial charge on any atom is 0.277 e. The lowest BCUT2D eigenvalue weighted by Crippen LogP contribution is -2.45. The van der Waals surface area contributed by atoms with E-state index >= 15 is 0 Å². The zero-order valence-electron chi connectivity index (χ0n) is 18.2. The molecule has 0 saturated heterocycles. The second-order valence-electron chi connectivity index (χ2n) is 8.07. The number of anilines is 1. The molecule has 1 N–H and O–H groups in total. The average Bonchev–Trinajstić information content (AvgIpc) is 2.70. The molecule has 1 heterocycles. The number of amides is 1. The molecule has 0 aliphatic carbocycles. The summed E-state index contributed by atoms with van der Waals surface area (Å²) in [5.74, 6) is 0.273. The van der Waals surface area contributed by atoms with E-state index in [-0.39, 0.29) is 18.1 Å². The third kappa shape index (κ3) is 5.77. The van der Waals surface area contributed by atoms with E-state index in [2.05, 4.69) is 93.2 Å². The minimum atomic E-state index is -0.323. The van der Waals surface area contributed by atoms with Crippen molar-refractivity contribution in [2.45, 2.75) is 39.7 Å². The van der Waals surface area contributed by atoms with Crippen molar-refractivity contribution < 1.29 is 9.53 Å². The van der Waals surface area contributed by atoms with Crippen molar-refractivity contribution in [3.8, 4) is 5.75 Å². The molecule has 1 aliphatic heterocycles. The van der Waals surface area contributed by atoms with E-state index in [0.29, 0.717) is 5.75 Å². The summed E-state index contributed by atoms with van der Waals surface area (Å²) >= 11 is 6.80. The molecule has 0 fully saturated rings. The van der Waals surface area contributed by atoms with E-state index < -0.39 is 0 Å². The zero-order valence-corrected chi connectivity index (χ0v) is 21.4. The fourth-order valence-electron chi connectivity index (χ4n) is 3.76. The minimum Gasteiger partial charge on any atom is -0.483 e. The van der Waals surface area contributed by atoms with Gasteiger partial charge in [-0.05, 0) is 84.6 Å². The number of hydrogen-bond donors (Lipinski definition) is 1. The summed E-state index contributed by atoms with van der Waals surface area (Å²) in [4.78, 5) is 14.5. The van der Waals surface area contributed by atoms with Gasteiger partial charge in [0, 0.05) is 22.3 Å². The third-order valence-corrected chi connectivity index (χ3v) is 6.22. The lowest BCUT2D eigenvalue weighted by Gasteiger charge is -2.43. The molecule has 2 aromatic carbocycles. The number of ether oxygens (including phenoxy) is 1. The fourth-order valence-corrected chi connectivity index (χ4v) is 4.92. The first-order valence-electron chi connectivity index (χ1n) is 10.2. The second kappa shape index (κ2) is 10.0. The van der Waals surface area contributed by atoms with Gasteiger partial charge in [0.05, 0.1) is 16.2 Å². The summed E-state index contributed by atoms with van der Waals surface area (Å²) in [5.41, 5.74) is 7.13. The molecular weight excluding hydrogens is 522 g/mol. The number of nitrogens with one attached hydrogen (secondary N) is 1. The Labute approximate surface area is 200 Å². The minimum absolute atomic E-state index is 0.0134. The molecule has 0 atom stereocenters. The normalized spacial score (nSPS) is 14.9. The van der Waals surface area contributed by atoms with Crippen LogP contribution in [-0.2, 0) is 4.79 Å². The maximum absolute atomic E-state index is 12.1. The quantitative estimate of drug-likeness (QED) is 0.333. The monoisotopic (exact) mass is 547 g/mol. The van der Waals surface area contributed by atoms with E-state index in [1.165, 1.54) is 16.8 Å². The molecule has 0 radical (unpaired) electrons. The largest absolute Gasteiger partial charge is 0.483 e. The van der Waals surface area contributed by atoms with Crippen molar-refractivity contribution in [2.24, 2.45) is 5.10 Å². The van der Waals surface area contributed by atoms with Crippen LogP contribution in [0.25, 0.3) is 5.57 Å². The molecule has 164 valence electrons. The summed E-state index contributed by atoms with van der Waals surface area (Å²) < 4.78 is 7.23. The summed E-state index contributed by atoms with van der Waals surface area (Å²) in [7, 11) is 0. The first kappa shape index (κ1) is 23.5. The Kier molecular flexibility index (Phi) is 7.59. The first-order chi connectivity index (χ1) is 14.7. The predicted octanol–water partition coefficient (Wildman–Crippen LogP) is 6.15. The summed E-state index contributed by atoms with van der Waals surface area (Å²) in [5, 5.41) is 4.09. The van der Waals surface area contributed by atoms with Crippen LogP contribution in [0.2, 0.25) is 0 Å². The topological polar surface area (TPSA) is 53.9 Å². The van der Waals surface area contributed by atoms with Gasteiger partial charge in [-0.25, -0.2) is 5.43 Å². The SMILES string of the molecule is CCCN1c2ccc(/C=N/NC(=O)COc3ccc(Br)cc3Br)cc2C(C)=CC1(C)C. The van der Waals surface area contributed by atoms with Crippen LogP contribution in [0.1, 0.15) is 45.2 Å². The number of benzene rings is 2. The van der Waals surface area contributed by atoms with Gasteiger partial charge in [-0.2, -0.15) is 5.10 Å². The van der Waals surface area contributed by atoms with Gasteiger partial charge in [-0.1, -0.05) is 35.0 Å². The fraction of sp³-hybridized carbons (Fsp3) is 0.333. The van der Waals surface area contributed by atoms with Crippen molar-refractivity contribution in [1.29, 1.82) is 0 Å². The van der Waals surface area contributed by atoms with Crippen LogP contribution in [0.5, 0.6) is 5.75 Å². The highest BCUT2D eigenvalue weighted by Gasteiger charge is 2.30. The molecule has 1 amide bonds. The van der Waals surface area contributed by atoms with Crippen LogP contribution >= 0.6 is 31.9 Å². The molecule has 2 aromatic rings. The van der Waals surface area contributed by atoms with Crippen LogP contribution in [0, 0.1) is 0 Å². The van der Waals surface area contributed by atoms with Crippen LogP contribution in [0.15, 0.2) is 56.5 Å². The average molecular weight is 549 g/mol. The molecule has 7 heteroatoms. The van der Waals surface area contributed by atoms with E-state index in [1.807, 2.05) is 18.2 Å². The smallest absolute Gasteiger partial charge is 0.277 e. The summed E-state index contributed by atoms with van der Waals surface area (Å²) in [6.45, 7) is 9.71. The first-order valence-corrected chi connectivity index (χ1v) is 11.8. The number of nitrogens with zero attached hydrogens (tertiary/aromatic N) is 2. The number of hydrazone groups is 1. The Balaban J connectivity index is 1.64. The Morgan fingerprint density at radius 1 is 1.23 bits per heavy atom. The van der Waals surface area contributed by atoms with Gasteiger partial charge in [0.2, 0.25) is 0 Å². The Bertz CT molecular complexity index is 1030. The molecule has 1 aliphatic rings. The highest BCUT2D eigenvalue weighted by Crippen LogP contribution is 2.39. The van der Waals surface area contributed by atoms with E-state index in [1.54, 1.807) is 12.3 Å². The van der Waals surface area contributed by atoms with Crippen molar-refractivity contribution >= 4 is 55.2 Å². The molecule has 5 nitrogen and oxygen atoms in total. The molecule has 3 rings (SSSR count). The van der Waals surface area contributed by atoms with Gasteiger partial charge in [0.15, 0.2) is 6.61 Å². The van der Waals surface area contributed by atoms with Gasteiger partial charge in [0.1, 0.15) is 5.75 Å². The van der Waals surface area contributed by atoms with Gasteiger partial charge < -0.3 is 9.64 Å². The van der Waals surface area contributed by atoms with Crippen molar-refractivity contribution in [3.05, 3.63) is 62.5 Å². The van der Waals surface area contributed by atoms with Crippen LogP contribution in [0.4, 0.5) is 5.69 Å². The van der Waals surface area contributed by atoms with Crippen molar-refractivity contribution in [1.82, 2.24) is 5.43 Å². The van der Waals surface area contributed by atoms with Gasteiger partial charge in [-0.3, -0.25) is 4.79 Å². The summed E-state index contributed by atoms with van der Waals surface area (Å²) in [6.07, 6.45) is 5.06. The Morgan fingerprint density at radius 3 is 2.71 bits per heavy atom. The van der Waals surface area contributed by atoms with Crippen LogP contribution in [0.3, 0.4) is 0 Å². The zero-order chi connectivity index (χ0) is 22.6. The maximum atomic E-state index is 12.1. The van der Waals surface area contributed by atoms with Crippen molar-refractivity contribution in [3.63, 3.8) is 0 Å². The molecular formula is C24H27Br2N3O2. The molecule has 0 saturated carbocycles. The number of carbonyl (C=O) groups is 1. The highest BCUT2D eigenvalue weighted by atomic mass is 79.9. The molecule has 0 bridgehead atoms. The lowest BCUT2D eigenvalue weighted by molar-refractivity contribution is -0.123. The molecule has 31 heavy (non-hydrogen) atoms. The predicted molar refractivity (Wildman–Crippen MR) is 135 cm³/mol.